The highest BCUT2D eigenvalue weighted by molar-refractivity contribution is 5.23. The second-order valence-corrected chi connectivity index (χ2v) is 3.21. The van der Waals surface area contributed by atoms with Gasteiger partial charge in [0.05, 0.1) is 6.61 Å². The average Bonchev–Trinajstić information content (AvgIpc) is 2.25. The summed E-state index contributed by atoms with van der Waals surface area (Å²) < 4.78 is 29.3. The van der Waals surface area contributed by atoms with Crippen LogP contribution in [-0.2, 0) is 11.3 Å². The highest BCUT2D eigenvalue weighted by atomic mass is 19.3. The largest absolute Gasteiger partial charge is 0.383 e. The molecule has 0 radical (unpaired) electrons. The molecule has 0 heterocycles. The summed E-state index contributed by atoms with van der Waals surface area (Å²) in [4.78, 5) is 0. The summed E-state index contributed by atoms with van der Waals surface area (Å²) in [6.07, 6.45) is -2.39. The third-order valence-corrected chi connectivity index (χ3v) is 2.04. The first-order valence-corrected chi connectivity index (χ1v) is 4.80. The molecular weight excluding hydrogens is 200 g/mol. The number of alkyl halides is 2. The minimum Gasteiger partial charge on any atom is -0.383 e. The smallest absolute Gasteiger partial charge is 0.263 e. The van der Waals surface area contributed by atoms with Crippen LogP contribution in [0.25, 0.3) is 0 Å². The quantitative estimate of drug-likeness (QED) is 0.735. The van der Waals surface area contributed by atoms with Gasteiger partial charge in [-0.25, -0.2) is 8.78 Å². The first kappa shape index (κ1) is 12.1. The third kappa shape index (κ3) is 4.36. The summed E-state index contributed by atoms with van der Waals surface area (Å²) in [5.74, 6) is 0. The van der Waals surface area contributed by atoms with E-state index in [-0.39, 0.29) is 5.56 Å². The molecule has 1 aromatic carbocycles. The number of halogens is 2. The van der Waals surface area contributed by atoms with Crippen molar-refractivity contribution >= 4 is 0 Å². The zero-order chi connectivity index (χ0) is 11.1. The number of benzene rings is 1. The van der Waals surface area contributed by atoms with E-state index in [2.05, 4.69) is 5.32 Å². The van der Waals surface area contributed by atoms with Gasteiger partial charge in [-0.3, -0.25) is 0 Å². The first-order chi connectivity index (χ1) is 7.24. The highest BCUT2D eigenvalue weighted by Gasteiger charge is 2.05. The summed E-state index contributed by atoms with van der Waals surface area (Å²) >= 11 is 0. The van der Waals surface area contributed by atoms with E-state index in [4.69, 9.17) is 4.74 Å². The maximum atomic E-state index is 12.2. The van der Waals surface area contributed by atoms with Crippen molar-refractivity contribution in [2.45, 2.75) is 13.0 Å². The van der Waals surface area contributed by atoms with Crippen LogP contribution in [0.15, 0.2) is 24.3 Å². The van der Waals surface area contributed by atoms with Gasteiger partial charge in [-0.15, -0.1) is 0 Å². The Kier molecular flexibility index (Phi) is 5.21. The molecule has 0 atom stereocenters. The van der Waals surface area contributed by atoms with Gasteiger partial charge in [-0.2, -0.15) is 0 Å². The zero-order valence-electron chi connectivity index (χ0n) is 8.67. The molecule has 1 aromatic rings. The lowest BCUT2D eigenvalue weighted by Crippen LogP contribution is -2.18. The van der Waals surface area contributed by atoms with Crippen molar-refractivity contribution in [2.75, 3.05) is 20.3 Å². The summed E-state index contributed by atoms with van der Waals surface area (Å²) in [7, 11) is 1.64. The number of rotatable bonds is 6. The number of methoxy groups -OCH3 is 1. The van der Waals surface area contributed by atoms with Crippen LogP contribution in [0, 0.1) is 0 Å². The number of nitrogens with one attached hydrogen (secondary N) is 1. The second kappa shape index (κ2) is 6.48. The summed E-state index contributed by atoms with van der Waals surface area (Å²) in [5, 5.41) is 3.14. The summed E-state index contributed by atoms with van der Waals surface area (Å²) in [5.41, 5.74) is 1.06. The summed E-state index contributed by atoms with van der Waals surface area (Å²) in [6, 6.07) is 6.33. The zero-order valence-corrected chi connectivity index (χ0v) is 8.67. The van der Waals surface area contributed by atoms with Gasteiger partial charge in [0.1, 0.15) is 0 Å². The van der Waals surface area contributed by atoms with Crippen molar-refractivity contribution in [2.24, 2.45) is 0 Å². The van der Waals surface area contributed by atoms with E-state index in [1.54, 1.807) is 19.2 Å². The monoisotopic (exact) mass is 215 g/mol. The van der Waals surface area contributed by atoms with Crippen LogP contribution in [0.1, 0.15) is 17.6 Å². The molecule has 4 heteroatoms. The lowest BCUT2D eigenvalue weighted by atomic mass is 10.1. The van der Waals surface area contributed by atoms with E-state index in [0.717, 1.165) is 12.1 Å². The first-order valence-electron chi connectivity index (χ1n) is 4.80. The molecule has 0 saturated heterocycles. The maximum Gasteiger partial charge on any atom is 0.263 e. The Labute approximate surface area is 88.3 Å². The van der Waals surface area contributed by atoms with Gasteiger partial charge in [0.2, 0.25) is 0 Å². The Morgan fingerprint density at radius 2 is 1.93 bits per heavy atom. The topological polar surface area (TPSA) is 21.3 Å². The normalized spacial score (nSPS) is 10.9. The average molecular weight is 215 g/mol. The molecule has 0 amide bonds. The molecule has 0 saturated carbocycles. The molecule has 84 valence electrons. The van der Waals surface area contributed by atoms with Gasteiger partial charge < -0.3 is 10.1 Å². The lowest BCUT2D eigenvalue weighted by Gasteiger charge is -2.05. The van der Waals surface area contributed by atoms with Crippen LogP contribution in [0.5, 0.6) is 0 Å². The van der Waals surface area contributed by atoms with Crippen LogP contribution >= 0.6 is 0 Å². The lowest BCUT2D eigenvalue weighted by molar-refractivity contribution is 0.151. The van der Waals surface area contributed by atoms with E-state index >= 15 is 0 Å². The standard InChI is InChI=1S/C11H15F2NO/c1-15-7-6-14-8-9-2-4-10(5-3-9)11(12)13/h2-5,11,14H,6-8H2,1H3. The van der Waals surface area contributed by atoms with Gasteiger partial charge >= 0.3 is 0 Å². The predicted octanol–water partition coefficient (Wildman–Crippen LogP) is 2.36. The van der Waals surface area contributed by atoms with Crippen LogP contribution < -0.4 is 5.32 Å². The molecule has 0 aromatic heterocycles. The van der Waals surface area contributed by atoms with Crippen molar-refractivity contribution in [1.82, 2.24) is 5.32 Å². The maximum absolute atomic E-state index is 12.2. The van der Waals surface area contributed by atoms with Crippen molar-refractivity contribution < 1.29 is 13.5 Å². The highest BCUT2D eigenvalue weighted by Crippen LogP contribution is 2.18. The fourth-order valence-corrected chi connectivity index (χ4v) is 1.19. The Morgan fingerprint density at radius 1 is 1.27 bits per heavy atom. The molecule has 0 aliphatic heterocycles. The molecule has 15 heavy (non-hydrogen) atoms. The van der Waals surface area contributed by atoms with E-state index < -0.39 is 6.43 Å². The molecule has 0 aliphatic carbocycles. The van der Waals surface area contributed by atoms with E-state index in [1.807, 2.05) is 0 Å². The summed E-state index contributed by atoms with van der Waals surface area (Å²) in [6.45, 7) is 2.08. The fourth-order valence-electron chi connectivity index (χ4n) is 1.19. The Morgan fingerprint density at radius 3 is 2.47 bits per heavy atom. The molecule has 0 spiro atoms. The SMILES string of the molecule is COCCNCc1ccc(C(F)F)cc1. The van der Waals surface area contributed by atoms with Gasteiger partial charge in [0.25, 0.3) is 6.43 Å². The van der Waals surface area contributed by atoms with Gasteiger partial charge in [0.15, 0.2) is 0 Å². The number of hydrogen-bond acceptors (Lipinski definition) is 2. The second-order valence-electron chi connectivity index (χ2n) is 3.21. The number of ether oxygens (including phenoxy) is 1. The van der Waals surface area contributed by atoms with Crippen molar-refractivity contribution in [3.63, 3.8) is 0 Å². The molecule has 2 nitrogen and oxygen atoms in total. The van der Waals surface area contributed by atoms with Crippen molar-refractivity contribution in [3.05, 3.63) is 35.4 Å². The third-order valence-electron chi connectivity index (χ3n) is 2.04. The Hall–Kier alpha value is -1.00. The Balaban J connectivity index is 2.36. The number of hydrogen-bond donors (Lipinski definition) is 1. The van der Waals surface area contributed by atoms with E-state index in [1.165, 1.54) is 12.1 Å². The minimum absolute atomic E-state index is 0.0654. The van der Waals surface area contributed by atoms with Crippen molar-refractivity contribution in [1.29, 1.82) is 0 Å². The molecular formula is C11H15F2NO. The molecule has 0 fully saturated rings. The Bertz CT molecular complexity index is 274. The molecule has 1 rings (SSSR count). The van der Waals surface area contributed by atoms with Gasteiger partial charge in [0, 0.05) is 25.8 Å². The van der Waals surface area contributed by atoms with Gasteiger partial charge in [-0.1, -0.05) is 24.3 Å². The predicted molar refractivity (Wildman–Crippen MR) is 55.0 cm³/mol. The molecule has 1 N–H and O–H groups in total. The van der Waals surface area contributed by atoms with Gasteiger partial charge in [-0.05, 0) is 5.56 Å². The molecule has 0 unspecified atom stereocenters. The van der Waals surface area contributed by atoms with E-state index in [9.17, 15) is 8.78 Å². The van der Waals surface area contributed by atoms with Crippen LogP contribution in [0.2, 0.25) is 0 Å². The van der Waals surface area contributed by atoms with Crippen molar-refractivity contribution in [3.8, 4) is 0 Å². The van der Waals surface area contributed by atoms with E-state index in [0.29, 0.717) is 13.2 Å². The fraction of sp³-hybridized carbons (Fsp3) is 0.455. The van der Waals surface area contributed by atoms with Crippen LogP contribution in [0.4, 0.5) is 8.78 Å². The van der Waals surface area contributed by atoms with Crippen LogP contribution in [-0.4, -0.2) is 20.3 Å². The molecule has 0 aliphatic rings. The molecule has 0 bridgehead atoms. The van der Waals surface area contributed by atoms with Crippen LogP contribution in [0.3, 0.4) is 0 Å². The minimum atomic E-state index is -2.39.